The fraction of sp³-hybridized carbons (Fsp3) is 0.333. The maximum Gasteiger partial charge on any atom is 0.241 e. The summed E-state index contributed by atoms with van der Waals surface area (Å²) < 4.78 is 29.0. The van der Waals surface area contributed by atoms with Crippen molar-refractivity contribution in [2.45, 2.75) is 12.8 Å². The van der Waals surface area contributed by atoms with Crippen LogP contribution in [0.4, 0.5) is 8.78 Å². The fourth-order valence-corrected chi connectivity index (χ4v) is 0.791. The van der Waals surface area contributed by atoms with Crippen LogP contribution in [0.15, 0.2) is 30.3 Å². The third-order valence-corrected chi connectivity index (χ3v) is 1.34. The van der Waals surface area contributed by atoms with Crippen LogP contribution < -0.4 is 4.74 Å². The maximum absolute atomic E-state index is 12.6. The van der Waals surface area contributed by atoms with Crippen LogP contribution >= 0.6 is 0 Å². The molecule has 0 saturated heterocycles. The Labute approximate surface area is 70.0 Å². The SMILES string of the molecule is FCCC(F)Oc1ccccc1. The Balaban J connectivity index is 2.41. The lowest BCUT2D eigenvalue weighted by atomic mass is 10.3. The largest absolute Gasteiger partial charge is 0.460 e. The van der Waals surface area contributed by atoms with Gasteiger partial charge in [-0.05, 0) is 12.1 Å². The van der Waals surface area contributed by atoms with Crippen LogP contribution in [0.25, 0.3) is 0 Å². The number of para-hydroxylation sites is 1. The topological polar surface area (TPSA) is 9.23 Å². The second kappa shape index (κ2) is 4.70. The highest BCUT2D eigenvalue weighted by atomic mass is 19.2. The van der Waals surface area contributed by atoms with Gasteiger partial charge in [0.05, 0.1) is 6.67 Å². The Morgan fingerprint density at radius 3 is 2.50 bits per heavy atom. The second-order valence-electron chi connectivity index (χ2n) is 2.32. The van der Waals surface area contributed by atoms with Crippen molar-refractivity contribution in [1.82, 2.24) is 0 Å². The standard InChI is InChI=1S/C9H10F2O/c10-7-6-9(11)12-8-4-2-1-3-5-8/h1-5,9H,6-7H2. The molecule has 3 heteroatoms. The molecule has 1 unspecified atom stereocenters. The normalized spacial score (nSPS) is 12.5. The van der Waals surface area contributed by atoms with E-state index in [2.05, 4.69) is 0 Å². The van der Waals surface area contributed by atoms with Crippen LogP contribution in [-0.2, 0) is 0 Å². The van der Waals surface area contributed by atoms with E-state index in [0.717, 1.165) is 0 Å². The van der Waals surface area contributed by atoms with Crippen LogP contribution in [0.3, 0.4) is 0 Å². The first kappa shape index (κ1) is 8.97. The summed E-state index contributed by atoms with van der Waals surface area (Å²) in [6.07, 6.45) is -1.76. The number of alkyl halides is 2. The van der Waals surface area contributed by atoms with Crippen LogP contribution in [0, 0.1) is 0 Å². The Morgan fingerprint density at radius 1 is 1.25 bits per heavy atom. The van der Waals surface area contributed by atoms with Gasteiger partial charge in [0.1, 0.15) is 5.75 Å². The van der Waals surface area contributed by atoms with E-state index in [9.17, 15) is 8.78 Å². The molecule has 12 heavy (non-hydrogen) atoms. The minimum atomic E-state index is -1.54. The molecule has 0 aliphatic carbocycles. The van der Waals surface area contributed by atoms with Crippen LogP contribution in [0.2, 0.25) is 0 Å². The molecular weight excluding hydrogens is 162 g/mol. The molecule has 0 N–H and O–H groups in total. The molecule has 0 amide bonds. The molecule has 0 heterocycles. The van der Waals surface area contributed by atoms with Gasteiger partial charge < -0.3 is 4.74 Å². The zero-order valence-electron chi connectivity index (χ0n) is 6.54. The van der Waals surface area contributed by atoms with Gasteiger partial charge in [-0.25, -0.2) is 4.39 Å². The fourth-order valence-electron chi connectivity index (χ4n) is 0.791. The van der Waals surface area contributed by atoms with Gasteiger partial charge in [-0.1, -0.05) is 18.2 Å². The van der Waals surface area contributed by atoms with Gasteiger partial charge in [0.2, 0.25) is 6.36 Å². The van der Waals surface area contributed by atoms with Gasteiger partial charge in [0.15, 0.2) is 0 Å². The quantitative estimate of drug-likeness (QED) is 0.678. The predicted molar refractivity (Wildman–Crippen MR) is 42.6 cm³/mol. The molecule has 1 aromatic carbocycles. The van der Waals surface area contributed by atoms with Crippen molar-refractivity contribution in [3.05, 3.63) is 30.3 Å². The smallest absolute Gasteiger partial charge is 0.241 e. The average Bonchev–Trinajstić information content (AvgIpc) is 2.06. The summed E-state index contributed by atoms with van der Waals surface area (Å²) in [4.78, 5) is 0. The molecule has 0 aliphatic heterocycles. The summed E-state index contributed by atoms with van der Waals surface area (Å²) in [6.45, 7) is -0.700. The van der Waals surface area contributed by atoms with Crippen LogP contribution in [0.5, 0.6) is 5.75 Å². The molecule has 0 bridgehead atoms. The Kier molecular flexibility index (Phi) is 3.51. The summed E-state index contributed by atoms with van der Waals surface area (Å²) in [5.41, 5.74) is 0. The first-order valence-electron chi connectivity index (χ1n) is 3.74. The molecule has 0 aliphatic rings. The van der Waals surface area contributed by atoms with Gasteiger partial charge in [0, 0.05) is 6.42 Å². The van der Waals surface area contributed by atoms with Crippen molar-refractivity contribution in [1.29, 1.82) is 0 Å². The van der Waals surface area contributed by atoms with E-state index in [-0.39, 0.29) is 6.42 Å². The third kappa shape index (κ3) is 2.86. The lowest BCUT2D eigenvalue weighted by Gasteiger charge is -2.08. The van der Waals surface area contributed by atoms with Crippen LogP contribution in [-0.4, -0.2) is 13.0 Å². The lowest BCUT2D eigenvalue weighted by molar-refractivity contribution is 0.0532. The highest BCUT2D eigenvalue weighted by molar-refractivity contribution is 5.20. The van der Waals surface area contributed by atoms with Gasteiger partial charge >= 0.3 is 0 Å². The summed E-state index contributed by atoms with van der Waals surface area (Å²) in [5, 5.41) is 0. The molecule has 1 atom stereocenters. The number of halogens is 2. The highest BCUT2D eigenvalue weighted by Crippen LogP contribution is 2.12. The van der Waals surface area contributed by atoms with E-state index in [1.165, 1.54) is 0 Å². The number of hydrogen-bond donors (Lipinski definition) is 0. The molecule has 1 aromatic rings. The Bertz CT molecular complexity index is 213. The van der Waals surface area contributed by atoms with Gasteiger partial charge in [0.25, 0.3) is 0 Å². The minimum absolute atomic E-state index is 0.213. The van der Waals surface area contributed by atoms with Crippen molar-refractivity contribution in [3.63, 3.8) is 0 Å². The molecule has 0 saturated carbocycles. The van der Waals surface area contributed by atoms with E-state index in [1.54, 1.807) is 30.3 Å². The third-order valence-electron chi connectivity index (χ3n) is 1.34. The van der Waals surface area contributed by atoms with E-state index in [4.69, 9.17) is 4.74 Å². The van der Waals surface area contributed by atoms with E-state index in [1.807, 2.05) is 0 Å². The Morgan fingerprint density at radius 2 is 1.92 bits per heavy atom. The highest BCUT2D eigenvalue weighted by Gasteiger charge is 2.06. The van der Waals surface area contributed by atoms with E-state index < -0.39 is 13.0 Å². The van der Waals surface area contributed by atoms with Gasteiger partial charge in [-0.3, -0.25) is 4.39 Å². The predicted octanol–water partition coefficient (Wildman–Crippen LogP) is 2.72. The minimum Gasteiger partial charge on any atom is -0.460 e. The van der Waals surface area contributed by atoms with Crippen LogP contribution in [0.1, 0.15) is 6.42 Å². The summed E-state index contributed by atoms with van der Waals surface area (Å²) in [7, 11) is 0. The molecule has 1 rings (SSSR count). The van der Waals surface area contributed by atoms with Crippen molar-refractivity contribution >= 4 is 0 Å². The molecule has 66 valence electrons. The molecule has 0 fully saturated rings. The zero-order chi connectivity index (χ0) is 8.81. The molecular formula is C9H10F2O. The van der Waals surface area contributed by atoms with Gasteiger partial charge in [-0.15, -0.1) is 0 Å². The van der Waals surface area contributed by atoms with Crippen molar-refractivity contribution in [2.75, 3.05) is 6.67 Å². The van der Waals surface area contributed by atoms with Gasteiger partial charge in [-0.2, -0.15) is 0 Å². The molecule has 0 spiro atoms. The van der Waals surface area contributed by atoms with E-state index in [0.29, 0.717) is 5.75 Å². The molecule has 1 nitrogen and oxygen atoms in total. The second-order valence-corrected chi connectivity index (χ2v) is 2.32. The monoisotopic (exact) mass is 172 g/mol. The zero-order valence-corrected chi connectivity index (χ0v) is 6.54. The van der Waals surface area contributed by atoms with Crippen molar-refractivity contribution < 1.29 is 13.5 Å². The van der Waals surface area contributed by atoms with Crippen molar-refractivity contribution in [3.8, 4) is 5.75 Å². The first-order chi connectivity index (χ1) is 5.83. The summed E-state index contributed by atoms with van der Waals surface area (Å²) >= 11 is 0. The maximum atomic E-state index is 12.6. The number of hydrogen-bond acceptors (Lipinski definition) is 1. The number of rotatable bonds is 4. The first-order valence-corrected chi connectivity index (χ1v) is 3.74. The lowest BCUT2D eigenvalue weighted by Crippen LogP contribution is -2.10. The summed E-state index contributed by atoms with van der Waals surface area (Å²) in [6, 6.07) is 8.53. The van der Waals surface area contributed by atoms with E-state index >= 15 is 0 Å². The molecule has 0 radical (unpaired) electrons. The summed E-state index contributed by atoms with van der Waals surface area (Å²) in [5.74, 6) is 0.429. The Hall–Kier alpha value is -1.12. The average molecular weight is 172 g/mol. The number of benzene rings is 1. The number of ether oxygens (including phenoxy) is 1. The molecule has 0 aromatic heterocycles. The van der Waals surface area contributed by atoms with Crippen molar-refractivity contribution in [2.24, 2.45) is 0 Å².